The van der Waals surface area contributed by atoms with Crippen LogP contribution in [-0.2, 0) is 21.2 Å². The van der Waals surface area contributed by atoms with Crippen LogP contribution in [0, 0.1) is 0 Å². The number of likely N-dealkylation sites (tertiary alicyclic amines) is 1. The first-order valence-corrected chi connectivity index (χ1v) is 11.7. The molecule has 29 heavy (non-hydrogen) atoms. The Kier molecular flexibility index (Phi) is 5.79. The van der Waals surface area contributed by atoms with Gasteiger partial charge in [0, 0.05) is 24.5 Å². The van der Waals surface area contributed by atoms with E-state index >= 15 is 0 Å². The molecule has 1 saturated heterocycles. The molecule has 0 radical (unpaired) electrons. The fourth-order valence-electron chi connectivity index (χ4n) is 3.30. The molecule has 3 heterocycles. The second-order valence-electron chi connectivity index (χ2n) is 6.89. The molecule has 1 aromatic carbocycles. The number of rotatable bonds is 6. The highest BCUT2D eigenvalue weighted by molar-refractivity contribution is 7.89. The summed E-state index contributed by atoms with van der Waals surface area (Å²) in [6.07, 6.45) is 3.01. The predicted octanol–water partition coefficient (Wildman–Crippen LogP) is 2.92. The third-order valence-corrected chi connectivity index (χ3v) is 7.28. The Morgan fingerprint density at radius 2 is 1.93 bits per heavy atom. The van der Waals surface area contributed by atoms with E-state index in [4.69, 9.17) is 4.42 Å². The molecule has 1 N–H and O–H groups in total. The Bertz CT molecular complexity index is 1050. The van der Waals surface area contributed by atoms with E-state index in [2.05, 4.69) is 9.71 Å². The molecule has 9 heteroatoms. The number of nitrogens with one attached hydrogen (secondary N) is 1. The van der Waals surface area contributed by atoms with Crippen molar-refractivity contribution < 1.29 is 17.6 Å². The minimum absolute atomic E-state index is 0.00524. The Hall–Kier alpha value is -2.49. The van der Waals surface area contributed by atoms with Gasteiger partial charge in [-0.3, -0.25) is 4.79 Å². The standard InChI is InChI=1S/C20H21N3O4S2/c24-19(13-16-14-28-20(21-16)18-7-4-12-27-18)23-10-8-15(9-11-23)22-29(25,26)17-5-2-1-3-6-17/h1-7,12,14-15,22H,8-11,13H2. The number of carbonyl (C=O) groups is 1. The molecule has 1 fully saturated rings. The van der Waals surface area contributed by atoms with Gasteiger partial charge in [-0.2, -0.15) is 0 Å². The molecule has 2 aromatic heterocycles. The third kappa shape index (κ3) is 4.75. The molecule has 0 spiro atoms. The maximum absolute atomic E-state index is 12.6. The minimum Gasteiger partial charge on any atom is -0.462 e. The van der Waals surface area contributed by atoms with Crippen molar-refractivity contribution in [2.45, 2.75) is 30.2 Å². The summed E-state index contributed by atoms with van der Waals surface area (Å²) in [5, 5.41) is 2.63. The van der Waals surface area contributed by atoms with Gasteiger partial charge in [0.2, 0.25) is 15.9 Å². The molecule has 4 rings (SSSR count). The molecule has 3 aromatic rings. The lowest BCUT2D eigenvalue weighted by Crippen LogP contribution is -2.46. The number of thiazole rings is 1. The van der Waals surface area contributed by atoms with E-state index in [0.29, 0.717) is 31.7 Å². The van der Waals surface area contributed by atoms with Crippen LogP contribution in [0.25, 0.3) is 10.8 Å². The van der Waals surface area contributed by atoms with Crippen molar-refractivity contribution in [3.8, 4) is 10.8 Å². The van der Waals surface area contributed by atoms with E-state index in [9.17, 15) is 13.2 Å². The molecule has 1 aliphatic heterocycles. The van der Waals surface area contributed by atoms with Gasteiger partial charge in [0.1, 0.15) is 0 Å². The van der Waals surface area contributed by atoms with Crippen molar-refractivity contribution in [3.05, 3.63) is 59.8 Å². The average Bonchev–Trinajstić information content (AvgIpc) is 3.41. The molecule has 0 saturated carbocycles. The highest BCUT2D eigenvalue weighted by Gasteiger charge is 2.27. The van der Waals surface area contributed by atoms with Crippen LogP contribution in [0.4, 0.5) is 0 Å². The first-order chi connectivity index (χ1) is 14.0. The molecule has 1 aliphatic rings. The van der Waals surface area contributed by atoms with Crippen molar-refractivity contribution in [1.82, 2.24) is 14.6 Å². The number of amides is 1. The smallest absolute Gasteiger partial charge is 0.240 e. The van der Waals surface area contributed by atoms with Crippen LogP contribution in [0.2, 0.25) is 0 Å². The molecule has 1 amide bonds. The monoisotopic (exact) mass is 431 g/mol. The summed E-state index contributed by atoms with van der Waals surface area (Å²) in [5.74, 6) is 0.700. The quantitative estimate of drug-likeness (QED) is 0.648. The van der Waals surface area contributed by atoms with Crippen molar-refractivity contribution in [1.29, 1.82) is 0 Å². The Morgan fingerprint density at radius 3 is 2.62 bits per heavy atom. The highest BCUT2D eigenvalue weighted by atomic mass is 32.2. The van der Waals surface area contributed by atoms with Gasteiger partial charge in [-0.15, -0.1) is 11.3 Å². The van der Waals surface area contributed by atoms with Gasteiger partial charge in [-0.1, -0.05) is 18.2 Å². The number of sulfonamides is 1. The Labute approximate surface area is 173 Å². The van der Waals surface area contributed by atoms with Crippen molar-refractivity contribution in [2.75, 3.05) is 13.1 Å². The second kappa shape index (κ2) is 8.48. The first kappa shape index (κ1) is 19.8. The highest BCUT2D eigenvalue weighted by Crippen LogP contribution is 2.24. The number of hydrogen-bond donors (Lipinski definition) is 1. The van der Waals surface area contributed by atoms with Crippen LogP contribution in [0.1, 0.15) is 18.5 Å². The van der Waals surface area contributed by atoms with Crippen LogP contribution < -0.4 is 4.72 Å². The molecule has 0 aliphatic carbocycles. The van der Waals surface area contributed by atoms with Crippen molar-refractivity contribution in [3.63, 3.8) is 0 Å². The molecule has 152 valence electrons. The summed E-state index contributed by atoms with van der Waals surface area (Å²) in [6.45, 7) is 1.05. The lowest BCUT2D eigenvalue weighted by Gasteiger charge is -2.32. The summed E-state index contributed by atoms with van der Waals surface area (Å²) in [5.41, 5.74) is 0.721. The Morgan fingerprint density at radius 1 is 1.17 bits per heavy atom. The summed E-state index contributed by atoms with van der Waals surface area (Å²) in [4.78, 5) is 19.1. The SMILES string of the molecule is O=C(Cc1csc(-c2ccco2)n1)N1CCC(NS(=O)(=O)c2ccccc2)CC1. The topological polar surface area (TPSA) is 92.5 Å². The van der Waals surface area contributed by atoms with E-state index < -0.39 is 10.0 Å². The lowest BCUT2D eigenvalue weighted by atomic mass is 10.1. The number of aromatic nitrogens is 1. The van der Waals surface area contributed by atoms with Crippen molar-refractivity contribution >= 4 is 27.3 Å². The summed E-state index contributed by atoms with van der Waals surface area (Å²) in [7, 11) is -3.54. The van der Waals surface area contributed by atoms with Crippen LogP contribution >= 0.6 is 11.3 Å². The van der Waals surface area contributed by atoms with E-state index in [1.807, 2.05) is 11.4 Å². The molecular formula is C20H21N3O4S2. The largest absolute Gasteiger partial charge is 0.462 e. The predicted molar refractivity (Wildman–Crippen MR) is 110 cm³/mol. The average molecular weight is 432 g/mol. The van der Waals surface area contributed by atoms with Gasteiger partial charge < -0.3 is 9.32 Å². The minimum atomic E-state index is -3.54. The second-order valence-corrected chi connectivity index (χ2v) is 9.46. The maximum Gasteiger partial charge on any atom is 0.240 e. The van der Waals surface area contributed by atoms with E-state index in [0.717, 1.165) is 10.7 Å². The van der Waals surface area contributed by atoms with Crippen molar-refractivity contribution in [2.24, 2.45) is 0 Å². The van der Waals surface area contributed by atoms with Gasteiger partial charge in [0.15, 0.2) is 10.8 Å². The number of nitrogens with zero attached hydrogens (tertiary/aromatic N) is 2. The molecular weight excluding hydrogens is 410 g/mol. The Balaban J connectivity index is 1.30. The van der Waals surface area contributed by atoms with Gasteiger partial charge in [-0.05, 0) is 37.1 Å². The summed E-state index contributed by atoms with van der Waals surface area (Å²) in [6, 6.07) is 11.8. The fourth-order valence-corrected chi connectivity index (χ4v) is 5.41. The van der Waals surface area contributed by atoms with Gasteiger partial charge >= 0.3 is 0 Å². The van der Waals surface area contributed by atoms with Gasteiger partial charge in [-0.25, -0.2) is 18.1 Å². The van der Waals surface area contributed by atoms with Gasteiger partial charge in [0.05, 0.1) is 23.3 Å². The summed E-state index contributed by atoms with van der Waals surface area (Å²) < 4.78 is 33.0. The molecule has 7 nitrogen and oxygen atoms in total. The lowest BCUT2D eigenvalue weighted by molar-refractivity contribution is -0.131. The zero-order valence-electron chi connectivity index (χ0n) is 15.7. The van der Waals surface area contributed by atoms with E-state index in [1.165, 1.54) is 11.3 Å². The van der Waals surface area contributed by atoms with Gasteiger partial charge in [0.25, 0.3) is 0 Å². The molecule has 0 unspecified atom stereocenters. The zero-order chi connectivity index (χ0) is 20.3. The zero-order valence-corrected chi connectivity index (χ0v) is 17.3. The fraction of sp³-hybridized carbons (Fsp3) is 0.300. The normalized spacial score (nSPS) is 15.5. The first-order valence-electron chi connectivity index (χ1n) is 9.35. The molecule has 0 atom stereocenters. The number of piperidine rings is 1. The maximum atomic E-state index is 12.6. The number of hydrogen-bond acceptors (Lipinski definition) is 6. The van der Waals surface area contributed by atoms with E-state index in [1.54, 1.807) is 47.6 Å². The number of carbonyl (C=O) groups excluding carboxylic acids is 1. The van der Waals surface area contributed by atoms with Crippen LogP contribution in [0.3, 0.4) is 0 Å². The van der Waals surface area contributed by atoms with Crippen LogP contribution in [-0.4, -0.2) is 43.3 Å². The molecule has 0 bridgehead atoms. The third-order valence-electron chi connectivity index (χ3n) is 4.84. The number of benzene rings is 1. The van der Waals surface area contributed by atoms with Crippen LogP contribution in [0.15, 0.2) is 63.4 Å². The van der Waals surface area contributed by atoms with E-state index in [-0.39, 0.29) is 23.3 Å². The summed E-state index contributed by atoms with van der Waals surface area (Å²) >= 11 is 1.45. The van der Waals surface area contributed by atoms with Crippen LogP contribution in [0.5, 0.6) is 0 Å². The number of furan rings is 1.